The highest BCUT2D eigenvalue weighted by atomic mass is 16.5. The number of imidazole rings is 1. The fourth-order valence-corrected chi connectivity index (χ4v) is 3.76. The van der Waals surface area contributed by atoms with Crippen LogP contribution in [0.1, 0.15) is 35.4 Å². The van der Waals surface area contributed by atoms with Crippen LogP contribution in [0.5, 0.6) is 0 Å². The quantitative estimate of drug-likeness (QED) is 0.525. The highest BCUT2D eigenvalue weighted by molar-refractivity contribution is 5.98. The van der Waals surface area contributed by atoms with Gasteiger partial charge in [-0.25, -0.2) is 4.98 Å². The molecule has 1 saturated carbocycles. The summed E-state index contributed by atoms with van der Waals surface area (Å²) in [7, 11) is 0. The fourth-order valence-electron chi connectivity index (χ4n) is 3.76. The summed E-state index contributed by atoms with van der Waals surface area (Å²) < 4.78 is 7.36. The topological polar surface area (TPSA) is 73.0 Å². The molecule has 0 radical (unpaired) electrons. The third kappa shape index (κ3) is 3.30. The number of aryl methyl sites for hydroxylation is 1. The number of aromatic nitrogens is 3. The van der Waals surface area contributed by atoms with E-state index in [0.717, 1.165) is 41.0 Å². The second-order valence-corrected chi connectivity index (χ2v) is 7.61. The molecule has 4 aromatic rings. The molecule has 1 aliphatic rings. The van der Waals surface area contributed by atoms with E-state index in [1.54, 1.807) is 6.33 Å². The predicted molar refractivity (Wildman–Crippen MR) is 114 cm³/mol. The van der Waals surface area contributed by atoms with Gasteiger partial charge in [-0.2, -0.15) is 0 Å². The van der Waals surface area contributed by atoms with Gasteiger partial charge in [-0.1, -0.05) is 47.6 Å². The zero-order chi connectivity index (χ0) is 20.5. The van der Waals surface area contributed by atoms with Crippen LogP contribution in [0.2, 0.25) is 0 Å². The average molecular weight is 398 g/mol. The summed E-state index contributed by atoms with van der Waals surface area (Å²) in [5.74, 6) is 0.659. The molecule has 0 atom stereocenters. The lowest BCUT2D eigenvalue weighted by atomic mass is 9.93. The van der Waals surface area contributed by atoms with Crippen LogP contribution in [0.15, 0.2) is 71.6 Å². The molecule has 1 aliphatic carbocycles. The molecule has 150 valence electrons. The molecule has 6 heteroatoms. The first-order chi connectivity index (χ1) is 14.7. The van der Waals surface area contributed by atoms with Crippen LogP contribution in [0.25, 0.3) is 28.2 Å². The molecule has 6 nitrogen and oxygen atoms in total. The van der Waals surface area contributed by atoms with Crippen molar-refractivity contribution in [2.45, 2.75) is 32.2 Å². The van der Waals surface area contributed by atoms with Crippen molar-refractivity contribution >= 4 is 5.91 Å². The van der Waals surface area contributed by atoms with Gasteiger partial charge in [0.2, 0.25) is 0 Å². The van der Waals surface area contributed by atoms with Gasteiger partial charge in [0.05, 0.1) is 28.8 Å². The van der Waals surface area contributed by atoms with Gasteiger partial charge in [-0.05, 0) is 38.3 Å². The number of amides is 1. The number of hydrogen-bond acceptors (Lipinski definition) is 4. The Labute approximate surface area is 174 Å². The number of para-hydroxylation sites is 1. The van der Waals surface area contributed by atoms with Crippen LogP contribution in [0.4, 0.5) is 0 Å². The molecule has 1 N–H and O–H groups in total. The van der Waals surface area contributed by atoms with Crippen molar-refractivity contribution in [2.24, 2.45) is 0 Å². The Hall–Kier alpha value is -3.67. The van der Waals surface area contributed by atoms with Gasteiger partial charge in [-0.15, -0.1) is 0 Å². The first-order valence-electron chi connectivity index (χ1n) is 10.2. The summed E-state index contributed by atoms with van der Waals surface area (Å²) in [4.78, 5) is 17.4. The highest BCUT2D eigenvalue weighted by Crippen LogP contribution is 2.33. The van der Waals surface area contributed by atoms with E-state index >= 15 is 0 Å². The summed E-state index contributed by atoms with van der Waals surface area (Å²) in [6.45, 7) is 1.88. The Bertz CT molecular complexity index is 1190. The van der Waals surface area contributed by atoms with E-state index in [9.17, 15) is 4.79 Å². The second-order valence-electron chi connectivity index (χ2n) is 7.61. The lowest BCUT2D eigenvalue weighted by Crippen LogP contribution is -2.39. The van der Waals surface area contributed by atoms with Gasteiger partial charge >= 0.3 is 0 Å². The second kappa shape index (κ2) is 7.63. The van der Waals surface area contributed by atoms with Crippen molar-refractivity contribution in [3.63, 3.8) is 0 Å². The highest BCUT2D eigenvalue weighted by Gasteiger charge is 2.23. The maximum Gasteiger partial charge on any atom is 0.253 e. The monoisotopic (exact) mass is 398 g/mol. The van der Waals surface area contributed by atoms with Crippen molar-refractivity contribution in [2.75, 3.05) is 0 Å². The van der Waals surface area contributed by atoms with E-state index in [4.69, 9.17) is 4.52 Å². The third-order valence-corrected chi connectivity index (χ3v) is 5.62. The fraction of sp³-hybridized carbons (Fsp3) is 0.208. The van der Waals surface area contributed by atoms with Crippen LogP contribution in [0.3, 0.4) is 0 Å². The van der Waals surface area contributed by atoms with Crippen molar-refractivity contribution in [3.05, 3.63) is 78.4 Å². The van der Waals surface area contributed by atoms with Crippen LogP contribution in [-0.4, -0.2) is 26.7 Å². The maximum absolute atomic E-state index is 12.8. The van der Waals surface area contributed by atoms with Crippen molar-refractivity contribution < 1.29 is 9.32 Å². The van der Waals surface area contributed by atoms with Gasteiger partial charge in [0.25, 0.3) is 5.91 Å². The normalized spacial score (nSPS) is 13.8. The molecular weight excluding hydrogens is 376 g/mol. The van der Waals surface area contributed by atoms with E-state index in [0.29, 0.717) is 11.3 Å². The number of nitrogens with zero attached hydrogens (tertiary/aromatic N) is 3. The summed E-state index contributed by atoms with van der Waals surface area (Å²) >= 11 is 0. The minimum absolute atomic E-state index is 0.0447. The molecule has 1 fully saturated rings. The van der Waals surface area contributed by atoms with E-state index in [1.165, 1.54) is 6.42 Å². The zero-order valence-electron chi connectivity index (χ0n) is 16.7. The Morgan fingerprint density at radius 1 is 1.10 bits per heavy atom. The van der Waals surface area contributed by atoms with Crippen molar-refractivity contribution in [1.82, 2.24) is 20.0 Å². The van der Waals surface area contributed by atoms with Gasteiger partial charge in [0, 0.05) is 17.8 Å². The molecule has 1 amide bonds. The van der Waals surface area contributed by atoms with E-state index in [1.807, 2.05) is 72.3 Å². The SMILES string of the molecule is Cc1onc(-c2ccccc2)c1-c1cn(-c2ccccc2C(=O)NC2CCC2)cn1. The van der Waals surface area contributed by atoms with Crippen LogP contribution >= 0.6 is 0 Å². The zero-order valence-corrected chi connectivity index (χ0v) is 16.7. The molecule has 0 saturated heterocycles. The Morgan fingerprint density at radius 2 is 1.87 bits per heavy atom. The van der Waals surface area contributed by atoms with E-state index < -0.39 is 0 Å². The van der Waals surface area contributed by atoms with Gasteiger partial charge in [-0.3, -0.25) is 4.79 Å². The minimum Gasteiger partial charge on any atom is -0.360 e. The van der Waals surface area contributed by atoms with Crippen molar-refractivity contribution in [1.29, 1.82) is 0 Å². The summed E-state index contributed by atoms with van der Waals surface area (Å²) in [6.07, 6.45) is 6.93. The number of carbonyl (C=O) groups is 1. The Morgan fingerprint density at radius 3 is 2.63 bits per heavy atom. The molecule has 30 heavy (non-hydrogen) atoms. The molecular formula is C24H22N4O2. The van der Waals surface area contributed by atoms with Gasteiger partial charge in [0.1, 0.15) is 11.5 Å². The smallest absolute Gasteiger partial charge is 0.253 e. The number of carbonyl (C=O) groups excluding carboxylic acids is 1. The lowest BCUT2D eigenvalue weighted by molar-refractivity contribution is 0.0917. The van der Waals surface area contributed by atoms with Crippen LogP contribution in [-0.2, 0) is 0 Å². The molecule has 5 rings (SSSR count). The van der Waals surface area contributed by atoms with Crippen LogP contribution in [0, 0.1) is 6.92 Å². The minimum atomic E-state index is -0.0447. The Balaban J connectivity index is 1.51. The molecule has 2 aromatic heterocycles. The molecule has 2 heterocycles. The lowest BCUT2D eigenvalue weighted by Gasteiger charge is -2.26. The standard InChI is InChI=1S/C24H22N4O2/c1-16-22(23(27-30-16)17-8-3-2-4-9-17)20-14-28(15-25-20)21-13-6-5-12-19(21)24(29)26-18-10-7-11-18/h2-6,8-9,12-15,18H,7,10-11H2,1H3,(H,26,29). The largest absolute Gasteiger partial charge is 0.360 e. The predicted octanol–water partition coefficient (Wildman–Crippen LogP) is 4.79. The first-order valence-corrected chi connectivity index (χ1v) is 10.2. The molecule has 0 aliphatic heterocycles. The molecule has 2 aromatic carbocycles. The van der Waals surface area contributed by atoms with E-state index in [2.05, 4.69) is 15.5 Å². The van der Waals surface area contributed by atoms with Gasteiger partial charge in [0.15, 0.2) is 0 Å². The molecule has 0 unspecified atom stereocenters. The summed E-state index contributed by atoms with van der Waals surface area (Å²) in [6, 6.07) is 17.8. The van der Waals surface area contributed by atoms with Crippen molar-refractivity contribution in [3.8, 4) is 28.2 Å². The number of rotatable bonds is 5. The third-order valence-electron chi connectivity index (χ3n) is 5.62. The number of nitrogens with one attached hydrogen (secondary N) is 1. The molecule has 0 bridgehead atoms. The maximum atomic E-state index is 12.8. The number of benzene rings is 2. The van der Waals surface area contributed by atoms with Crippen LogP contribution < -0.4 is 5.32 Å². The van der Waals surface area contributed by atoms with E-state index in [-0.39, 0.29) is 11.9 Å². The van der Waals surface area contributed by atoms with Gasteiger partial charge < -0.3 is 14.4 Å². The first kappa shape index (κ1) is 18.4. The average Bonchev–Trinajstić information content (AvgIpc) is 3.37. The summed E-state index contributed by atoms with van der Waals surface area (Å²) in [5.41, 5.74) is 4.77. The number of hydrogen-bond donors (Lipinski definition) is 1. The molecule has 0 spiro atoms. The summed E-state index contributed by atoms with van der Waals surface area (Å²) in [5, 5.41) is 7.37. The Kier molecular flexibility index (Phi) is 4.67.